The molecule has 0 radical (unpaired) electrons. The van der Waals surface area contributed by atoms with E-state index >= 15 is 0 Å². The van der Waals surface area contributed by atoms with E-state index < -0.39 is 6.43 Å². The molecule has 0 aliphatic carbocycles. The van der Waals surface area contributed by atoms with Gasteiger partial charge in [0.1, 0.15) is 0 Å². The number of aryl methyl sites for hydroxylation is 2. The highest BCUT2D eigenvalue weighted by molar-refractivity contribution is 5.78. The first-order chi connectivity index (χ1) is 18.3. The second-order valence-electron chi connectivity index (χ2n) is 10.9. The van der Waals surface area contributed by atoms with Crippen LogP contribution in [-0.2, 0) is 31.2 Å². The summed E-state index contributed by atoms with van der Waals surface area (Å²) in [7, 11) is 3.94. The Morgan fingerprint density at radius 1 is 1.08 bits per heavy atom. The van der Waals surface area contributed by atoms with Crippen LogP contribution in [0.1, 0.15) is 61.0 Å². The van der Waals surface area contributed by atoms with Crippen molar-refractivity contribution >= 4 is 17.4 Å². The molecule has 0 unspecified atom stereocenters. The summed E-state index contributed by atoms with van der Waals surface area (Å²) in [5.74, 6) is 0.869. The number of rotatable bonds is 4. The van der Waals surface area contributed by atoms with Crippen LogP contribution in [0.3, 0.4) is 0 Å². The number of nitrogens with zero attached hydrogens (tertiary/aromatic N) is 7. The number of aromatic nitrogens is 4. The Labute approximate surface area is 221 Å². The Hall–Kier alpha value is -3.27. The van der Waals surface area contributed by atoms with E-state index in [2.05, 4.69) is 26.6 Å². The van der Waals surface area contributed by atoms with Crippen molar-refractivity contribution in [1.82, 2.24) is 29.4 Å². The van der Waals surface area contributed by atoms with Crippen molar-refractivity contribution in [2.75, 3.05) is 38.1 Å². The lowest BCUT2D eigenvalue weighted by Gasteiger charge is -2.33. The summed E-state index contributed by atoms with van der Waals surface area (Å²) >= 11 is 0. The molecule has 8 nitrogen and oxygen atoms in total. The fourth-order valence-electron chi connectivity index (χ4n) is 6.32. The molecule has 0 spiro atoms. The number of piperidine rings is 1. The van der Waals surface area contributed by atoms with Gasteiger partial charge in [-0.1, -0.05) is 0 Å². The zero-order valence-corrected chi connectivity index (χ0v) is 22.3. The number of carbonyl (C=O) groups excluding carboxylic acids is 1. The number of fused-ring (bicyclic) bond motifs is 2. The first-order valence-corrected chi connectivity index (χ1v) is 13.6. The van der Waals surface area contributed by atoms with Gasteiger partial charge in [0.15, 0.2) is 5.82 Å². The molecule has 1 amide bonds. The van der Waals surface area contributed by atoms with Crippen molar-refractivity contribution in [2.45, 2.75) is 58.0 Å². The van der Waals surface area contributed by atoms with Crippen LogP contribution in [0.25, 0.3) is 11.1 Å². The molecule has 0 bridgehead atoms. The van der Waals surface area contributed by atoms with Crippen molar-refractivity contribution in [2.24, 2.45) is 7.05 Å². The van der Waals surface area contributed by atoms with E-state index in [0.717, 1.165) is 67.8 Å². The van der Waals surface area contributed by atoms with Gasteiger partial charge in [0, 0.05) is 67.8 Å². The molecule has 0 atom stereocenters. The highest BCUT2D eigenvalue weighted by Gasteiger charge is 2.34. The van der Waals surface area contributed by atoms with Crippen LogP contribution in [0.4, 0.5) is 20.3 Å². The standard InChI is InChI=1S/C28H35F2N7O/c1-18(38)35-12-8-25-24(17-35)28(32-37(25)21-6-10-33(2)11-7-21)36-9-4-5-19-13-22(20-15-31-34(3)16-20)23(27(29)30)14-26(19)36/h13-16,21,27H,4-12,17H2,1-3H3. The molecule has 5 heterocycles. The van der Waals surface area contributed by atoms with Gasteiger partial charge in [-0.3, -0.25) is 14.2 Å². The van der Waals surface area contributed by atoms with Crippen molar-refractivity contribution in [3.05, 3.63) is 46.9 Å². The highest BCUT2D eigenvalue weighted by atomic mass is 19.3. The van der Waals surface area contributed by atoms with Crippen molar-refractivity contribution in [1.29, 1.82) is 0 Å². The smallest absolute Gasteiger partial charge is 0.264 e. The molecule has 2 aromatic heterocycles. The molecular formula is C28H35F2N7O. The number of hydrogen-bond acceptors (Lipinski definition) is 5. The largest absolute Gasteiger partial charge is 0.338 e. The number of hydrogen-bond donors (Lipinski definition) is 0. The minimum Gasteiger partial charge on any atom is -0.338 e. The number of halogens is 2. The van der Waals surface area contributed by atoms with Gasteiger partial charge in [-0.25, -0.2) is 8.78 Å². The van der Waals surface area contributed by atoms with Gasteiger partial charge >= 0.3 is 0 Å². The van der Waals surface area contributed by atoms with E-state index in [-0.39, 0.29) is 11.5 Å². The van der Waals surface area contributed by atoms with E-state index in [4.69, 9.17) is 5.10 Å². The molecule has 3 aromatic rings. The zero-order chi connectivity index (χ0) is 26.6. The predicted octanol–water partition coefficient (Wildman–Crippen LogP) is 4.48. The lowest BCUT2D eigenvalue weighted by molar-refractivity contribution is -0.129. The molecule has 38 heavy (non-hydrogen) atoms. The molecule has 3 aliphatic rings. The highest BCUT2D eigenvalue weighted by Crippen LogP contribution is 2.43. The third kappa shape index (κ3) is 4.38. The Kier molecular flexibility index (Phi) is 6.45. The Bertz CT molecular complexity index is 1360. The summed E-state index contributed by atoms with van der Waals surface area (Å²) < 4.78 is 32.6. The van der Waals surface area contributed by atoms with Crippen molar-refractivity contribution < 1.29 is 13.6 Å². The maximum atomic E-state index is 14.4. The zero-order valence-electron chi connectivity index (χ0n) is 22.3. The van der Waals surface area contributed by atoms with Crippen LogP contribution in [0.2, 0.25) is 0 Å². The molecule has 1 saturated heterocycles. The van der Waals surface area contributed by atoms with Crippen LogP contribution in [0.5, 0.6) is 0 Å². The molecule has 10 heteroatoms. The summed E-state index contributed by atoms with van der Waals surface area (Å²) in [5.41, 5.74) is 5.35. The fourth-order valence-corrected chi connectivity index (χ4v) is 6.32. The number of carbonyl (C=O) groups is 1. The van der Waals surface area contributed by atoms with E-state index in [0.29, 0.717) is 36.8 Å². The summed E-state index contributed by atoms with van der Waals surface area (Å²) in [5, 5.41) is 9.40. The molecular weight excluding hydrogens is 488 g/mol. The van der Waals surface area contributed by atoms with Crippen LogP contribution in [-0.4, -0.2) is 68.5 Å². The molecule has 3 aliphatic heterocycles. The lowest BCUT2D eigenvalue weighted by atomic mass is 9.92. The minimum atomic E-state index is -2.61. The van der Waals surface area contributed by atoms with Gasteiger partial charge in [-0.2, -0.15) is 10.2 Å². The minimum absolute atomic E-state index is 0.0117. The van der Waals surface area contributed by atoms with Crippen molar-refractivity contribution in [3.8, 4) is 11.1 Å². The van der Waals surface area contributed by atoms with Crippen LogP contribution < -0.4 is 4.90 Å². The van der Waals surface area contributed by atoms with Gasteiger partial charge in [0.25, 0.3) is 6.43 Å². The molecule has 202 valence electrons. The molecule has 6 rings (SSSR count). The fraction of sp³-hybridized carbons (Fsp3) is 0.536. The quantitative estimate of drug-likeness (QED) is 0.505. The van der Waals surface area contributed by atoms with E-state index in [1.165, 1.54) is 5.69 Å². The maximum Gasteiger partial charge on any atom is 0.264 e. The predicted molar refractivity (Wildman–Crippen MR) is 142 cm³/mol. The van der Waals surface area contributed by atoms with Gasteiger partial charge in [-0.05, 0) is 69.1 Å². The summed E-state index contributed by atoms with van der Waals surface area (Å²) in [4.78, 5) is 18.7. The monoisotopic (exact) mass is 523 g/mol. The second-order valence-corrected chi connectivity index (χ2v) is 10.9. The average molecular weight is 524 g/mol. The van der Waals surface area contributed by atoms with E-state index in [1.807, 2.05) is 11.0 Å². The normalized spacial score (nSPS) is 18.7. The number of likely N-dealkylation sites (tertiary alicyclic amines) is 1. The first-order valence-electron chi connectivity index (χ1n) is 13.6. The van der Waals surface area contributed by atoms with E-state index in [9.17, 15) is 13.6 Å². The van der Waals surface area contributed by atoms with E-state index in [1.54, 1.807) is 37.1 Å². The average Bonchev–Trinajstić information content (AvgIpc) is 3.51. The Morgan fingerprint density at radius 3 is 2.55 bits per heavy atom. The molecule has 1 fully saturated rings. The third-order valence-electron chi connectivity index (χ3n) is 8.42. The SMILES string of the molecule is CC(=O)N1CCc2c(c(N3CCCc4cc(-c5cnn(C)c5)c(C(F)F)cc43)nn2C2CCN(C)CC2)C1. The number of anilines is 2. The topological polar surface area (TPSA) is 62.4 Å². The Morgan fingerprint density at radius 2 is 1.87 bits per heavy atom. The van der Waals surface area contributed by atoms with Gasteiger partial charge < -0.3 is 14.7 Å². The van der Waals surface area contributed by atoms with Gasteiger partial charge in [-0.15, -0.1) is 0 Å². The first kappa shape index (κ1) is 25.0. The number of benzene rings is 1. The lowest BCUT2D eigenvalue weighted by Crippen LogP contribution is -2.36. The molecule has 1 aromatic carbocycles. The number of alkyl halides is 2. The van der Waals surface area contributed by atoms with Crippen LogP contribution in [0.15, 0.2) is 24.5 Å². The second kappa shape index (κ2) is 9.80. The van der Waals surface area contributed by atoms with Gasteiger partial charge in [0.05, 0.1) is 18.8 Å². The number of amides is 1. The Balaban J connectivity index is 1.46. The molecule has 0 saturated carbocycles. The third-order valence-corrected chi connectivity index (χ3v) is 8.42. The molecule has 0 N–H and O–H groups in total. The van der Waals surface area contributed by atoms with Gasteiger partial charge in [0.2, 0.25) is 5.91 Å². The van der Waals surface area contributed by atoms with Crippen LogP contribution in [0, 0.1) is 0 Å². The summed E-state index contributed by atoms with van der Waals surface area (Å²) in [6.07, 6.45) is 5.35. The van der Waals surface area contributed by atoms with Crippen molar-refractivity contribution in [3.63, 3.8) is 0 Å². The summed E-state index contributed by atoms with van der Waals surface area (Å²) in [6.45, 7) is 5.55. The van der Waals surface area contributed by atoms with Crippen LogP contribution >= 0.6 is 0 Å². The maximum absolute atomic E-state index is 14.4. The summed E-state index contributed by atoms with van der Waals surface area (Å²) in [6, 6.07) is 3.89.